The lowest BCUT2D eigenvalue weighted by Gasteiger charge is -2.06. The summed E-state index contributed by atoms with van der Waals surface area (Å²) in [7, 11) is 3.25. The number of hydrogen-bond donors (Lipinski definition) is 1. The summed E-state index contributed by atoms with van der Waals surface area (Å²) in [5.74, 6) is 2.00. The third-order valence-electron chi connectivity index (χ3n) is 4.48. The van der Waals surface area contributed by atoms with Crippen molar-refractivity contribution in [3.63, 3.8) is 0 Å². The molecule has 8 nitrogen and oxygen atoms in total. The lowest BCUT2D eigenvalue weighted by atomic mass is 10.1. The van der Waals surface area contributed by atoms with Crippen LogP contribution < -0.4 is 9.47 Å². The molecule has 0 aliphatic carbocycles. The molecule has 3 aromatic heterocycles. The molecule has 5 rings (SSSR count). The second-order valence-electron chi connectivity index (χ2n) is 6.26. The van der Waals surface area contributed by atoms with Gasteiger partial charge in [-0.3, -0.25) is 5.10 Å². The van der Waals surface area contributed by atoms with Crippen molar-refractivity contribution >= 4 is 16.3 Å². The molecule has 2 aromatic carbocycles. The van der Waals surface area contributed by atoms with Gasteiger partial charge < -0.3 is 9.47 Å². The van der Waals surface area contributed by atoms with Crippen LogP contribution in [0.5, 0.6) is 11.5 Å². The first-order valence-corrected chi connectivity index (χ1v) is 9.63. The van der Waals surface area contributed by atoms with Crippen LogP contribution in [0.1, 0.15) is 0 Å². The Kier molecular flexibility index (Phi) is 4.21. The molecule has 9 heteroatoms. The predicted octanol–water partition coefficient (Wildman–Crippen LogP) is 3.93. The zero-order valence-corrected chi connectivity index (χ0v) is 16.5. The maximum absolute atomic E-state index is 5.36. The molecule has 29 heavy (non-hydrogen) atoms. The Hall–Kier alpha value is -3.72. The number of ether oxygens (including phenoxy) is 2. The normalized spacial score (nSPS) is 11.1. The van der Waals surface area contributed by atoms with E-state index < -0.39 is 0 Å². The second kappa shape index (κ2) is 7.02. The summed E-state index contributed by atoms with van der Waals surface area (Å²) < 4.78 is 12.4. The van der Waals surface area contributed by atoms with Gasteiger partial charge in [0.15, 0.2) is 0 Å². The Morgan fingerprint density at radius 3 is 2.38 bits per heavy atom. The van der Waals surface area contributed by atoms with Gasteiger partial charge in [-0.15, -0.1) is 10.2 Å². The number of aromatic nitrogens is 6. The van der Waals surface area contributed by atoms with E-state index in [1.807, 2.05) is 54.6 Å². The number of hydrogen-bond acceptors (Lipinski definition) is 7. The number of aromatic amines is 1. The Morgan fingerprint density at radius 2 is 1.66 bits per heavy atom. The number of nitrogens with zero attached hydrogens (tertiary/aromatic N) is 5. The smallest absolute Gasteiger partial charge is 0.235 e. The molecular weight excluding hydrogens is 388 g/mol. The zero-order valence-electron chi connectivity index (χ0n) is 15.7. The van der Waals surface area contributed by atoms with Gasteiger partial charge in [0.2, 0.25) is 10.8 Å². The Morgan fingerprint density at radius 1 is 0.897 bits per heavy atom. The Bertz CT molecular complexity index is 1270. The van der Waals surface area contributed by atoms with Crippen LogP contribution in [0.15, 0.2) is 54.6 Å². The van der Waals surface area contributed by atoms with Crippen molar-refractivity contribution in [2.75, 3.05) is 14.2 Å². The lowest BCUT2D eigenvalue weighted by Crippen LogP contribution is -1.92. The highest BCUT2D eigenvalue weighted by molar-refractivity contribution is 7.19. The van der Waals surface area contributed by atoms with Crippen LogP contribution in [0.2, 0.25) is 0 Å². The Labute approximate surface area is 169 Å². The Balaban J connectivity index is 1.55. The van der Waals surface area contributed by atoms with Crippen molar-refractivity contribution in [1.82, 2.24) is 30.0 Å². The molecule has 0 amide bonds. The van der Waals surface area contributed by atoms with Crippen molar-refractivity contribution in [1.29, 1.82) is 0 Å². The molecule has 0 unspecified atom stereocenters. The molecule has 0 saturated heterocycles. The number of rotatable bonds is 5. The minimum Gasteiger partial charge on any atom is -0.497 e. The minimum absolute atomic E-state index is 0.604. The fourth-order valence-electron chi connectivity index (χ4n) is 3.03. The van der Waals surface area contributed by atoms with Gasteiger partial charge in [0.05, 0.1) is 19.9 Å². The van der Waals surface area contributed by atoms with Gasteiger partial charge in [0.25, 0.3) is 0 Å². The highest BCUT2D eigenvalue weighted by atomic mass is 32.1. The highest BCUT2D eigenvalue weighted by Gasteiger charge is 2.17. The molecule has 0 fully saturated rings. The lowest BCUT2D eigenvalue weighted by molar-refractivity contribution is 0.394. The average molecular weight is 404 g/mol. The topological polar surface area (TPSA) is 90.2 Å². The number of fused-ring (bicyclic) bond motifs is 1. The molecule has 0 bridgehead atoms. The van der Waals surface area contributed by atoms with Crippen molar-refractivity contribution in [2.45, 2.75) is 0 Å². The molecule has 0 atom stereocenters. The largest absolute Gasteiger partial charge is 0.497 e. The summed E-state index contributed by atoms with van der Waals surface area (Å²) in [6.45, 7) is 0. The van der Waals surface area contributed by atoms with E-state index in [1.165, 1.54) is 11.3 Å². The average Bonchev–Trinajstić information content (AvgIpc) is 3.49. The number of benzene rings is 2. The van der Waals surface area contributed by atoms with E-state index in [-0.39, 0.29) is 0 Å². The molecule has 1 N–H and O–H groups in total. The summed E-state index contributed by atoms with van der Waals surface area (Å²) in [6.07, 6.45) is 0. The quantitative estimate of drug-likeness (QED) is 0.477. The van der Waals surface area contributed by atoms with Gasteiger partial charge in [0, 0.05) is 17.2 Å². The standard InChI is InChI=1S/C20H16N6O2S/c1-27-14-8-13(9-15(10-14)28-2)19-25-26-18(23-24-20(26)29-19)17-11-16(21-22-17)12-6-4-3-5-7-12/h3-11H,1-2H3,(H,21,22). The minimum atomic E-state index is 0.604. The van der Waals surface area contributed by atoms with Crippen LogP contribution in [-0.2, 0) is 0 Å². The SMILES string of the molecule is COc1cc(OC)cc(-c2nn3c(-c4cc(-c5ccccc5)n[nH]4)nnc3s2)c1. The summed E-state index contributed by atoms with van der Waals surface area (Å²) in [5, 5.41) is 21.5. The first-order chi connectivity index (χ1) is 14.2. The summed E-state index contributed by atoms with van der Waals surface area (Å²) in [6, 6.07) is 17.6. The van der Waals surface area contributed by atoms with Crippen LogP contribution in [0.25, 0.3) is 38.3 Å². The van der Waals surface area contributed by atoms with Crippen molar-refractivity contribution < 1.29 is 9.47 Å². The van der Waals surface area contributed by atoms with E-state index in [0.29, 0.717) is 22.3 Å². The number of methoxy groups -OCH3 is 2. The molecule has 3 heterocycles. The van der Waals surface area contributed by atoms with E-state index in [2.05, 4.69) is 20.4 Å². The maximum atomic E-state index is 5.36. The van der Waals surface area contributed by atoms with Crippen LogP contribution >= 0.6 is 11.3 Å². The maximum Gasteiger partial charge on any atom is 0.235 e. The van der Waals surface area contributed by atoms with Crippen molar-refractivity contribution in [3.8, 4) is 44.8 Å². The number of nitrogens with one attached hydrogen (secondary N) is 1. The summed E-state index contributed by atoms with van der Waals surface area (Å²) in [4.78, 5) is 0.688. The molecule has 0 aliphatic heterocycles. The van der Waals surface area contributed by atoms with Crippen LogP contribution in [0.3, 0.4) is 0 Å². The molecule has 144 valence electrons. The first kappa shape index (κ1) is 17.4. The van der Waals surface area contributed by atoms with Gasteiger partial charge in [-0.05, 0) is 18.2 Å². The molecule has 5 aromatic rings. The molecular formula is C20H16N6O2S. The molecule has 0 aliphatic rings. The van der Waals surface area contributed by atoms with Gasteiger partial charge in [-0.25, -0.2) is 0 Å². The third kappa shape index (κ3) is 3.11. The zero-order chi connectivity index (χ0) is 19.8. The summed E-state index contributed by atoms with van der Waals surface area (Å²) in [5.41, 5.74) is 3.50. The molecule has 0 spiro atoms. The van der Waals surface area contributed by atoms with Crippen LogP contribution in [-0.4, -0.2) is 44.2 Å². The number of H-pyrrole nitrogens is 1. The van der Waals surface area contributed by atoms with Crippen LogP contribution in [0.4, 0.5) is 0 Å². The molecule has 0 radical (unpaired) electrons. The third-order valence-corrected chi connectivity index (χ3v) is 5.43. The fourth-order valence-corrected chi connectivity index (χ4v) is 3.85. The fraction of sp³-hybridized carbons (Fsp3) is 0.100. The van der Waals surface area contributed by atoms with E-state index in [1.54, 1.807) is 18.7 Å². The van der Waals surface area contributed by atoms with Gasteiger partial charge in [-0.1, -0.05) is 41.7 Å². The predicted molar refractivity (Wildman–Crippen MR) is 110 cm³/mol. The van der Waals surface area contributed by atoms with Crippen LogP contribution in [0, 0.1) is 0 Å². The van der Waals surface area contributed by atoms with Gasteiger partial charge >= 0.3 is 0 Å². The van der Waals surface area contributed by atoms with E-state index >= 15 is 0 Å². The first-order valence-electron chi connectivity index (χ1n) is 8.82. The highest BCUT2D eigenvalue weighted by Crippen LogP contribution is 2.33. The second-order valence-corrected chi connectivity index (χ2v) is 7.22. The van der Waals surface area contributed by atoms with E-state index in [9.17, 15) is 0 Å². The van der Waals surface area contributed by atoms with Gasteiger partial charge in [-0.2, -0.15) is 14.7 Å². The van der Waals surface area contributed by atoms with E-state index in [0.717, 1.165) is 27.5 Å². The van der Waals surface area contributed by atoms with E-state index in [4.69, 9.17) is 14.6 Å². The van der Waals surface area contributed by atoms with Gasteiger partial charge in [0.1, 0.15) is 22.2 Å². The molecule has 0 saturated carbocycles. The summed E-state index contributed by atoms with van der Waals surface area (Å²) >= 11 is 1.44. The van der Waals surface area contributed by atoms with Crippen molar-refractivity contribution in [2.24, 2.45) is 0 Å². The monoisotopic (exact) mass is 404 g/mol. The van der Waals surface area contributed by atoms with Crippen molar-refractivity contribution in [3.05, 3.63) is 54.6 Å².